The van der Waals surface area contributed by atoms with Crippen LogP contribution < -0.4 is 4.74 Å². The fraction of sp³-hybridized carbons (Fsp3) is 0.529. The lowest BCUT2D eigenvalue weighted by molar-refractivity contribution is 0.369. The fourth-order valence-corrected chi connectivity index (χ4v) is 3.13. The first-order valence-electron chi connectivity index (χ1n) is 7.18. The van der Waals surface area contributed by atoms with Gasteiger partial charge >= 0.3 is 0 Å². The summed E-state index contributed by atoms with van der Waals surface area (Å²) in [6.07, 6.45) is 4.32. The highest BCUT2D eigenvalue weighted by Gasteiger charge is 2.32. The van der Waals surface area contributed by atoms with Crippen LogP contribution in [0.1, 0.15) is 44.2 Å². The molecule has 1 aromatic rings. The van der Waals surface area contributed by atoms with Gasteiger partial charge in [-0.05, 0) is 54.7 Å². The molecule has 0 saturated heterocycles. The van der Waals surface area contributed by atoms with Gasteiger partial charge in [0.1, 0.15) is 0 Å². The van der Waals surface area contributed by atoms with Crippen LogP contribution in [0.25, 0.3) is 5.57 Å². The smallest absolute Gasteiger partial charge is 0.172 e. The third-order valence-corrected chi connectivity index (χ3v) is 4.53. The maximum atomic E-state index is 14.6. The van der Waals surface area contributed by atoms with Crippen LogP contribution >= 0.6 is 0 Å². The van der Waals surface area contributed by atoms with Crippen molar-refractivity contribution in [3.05, 3.63) is 34.6 Å². The van der Waals surface area contributed by atoms with Crippen molar-refractivity contribution >= 4 is 5.57 Å². The molecule has 0 bridgehead atoms. The van der Waals surface area contributed by atoms with Gasteiger partial charge in [0.25, 0.3) is 0 Å². The van der Waals surface area contributed by atoms with Crippen molar-refractivity contribution in [3.8, 4) is 5.75 Å². The number of methoxy groups -OCH3 is 1. The average molecular weight is 260 g/mol. The zero-order chi connectivity index (χ0) is 13.6. The molecule has 0 radical (unpaired) electrons. The van der Waals surface area contributed by atoms with E-state index < -0.39 is 0 Å². The minimum absolute atomic E-state index is 0.156. The van der Waals surface area contributed by atoms with E-state index in [0.29, 0.717) is 17.6 Å². The Balaban J connectivity index is 2.12. The largest absolute Gasteiger partial charge is 0.494 e. The summed E-state index contributed by atoms with van der Waals surface area (Å²) in [4.78, 5) is 0. The number of fused-ring (bicyclic) bond motifs is 1. The zero-order valence-electron chi connectivity index (χ0n) is 11.9. The van der Waals surface area contributed by atoms with Gasteiger partial charge in [0, 0.05) is 5.56 Å². The Labute approximate surface area is 114 Å². The van der Waals surface area contributed by atoms with E-state index in [9.17, 15) is 4.39 Å². The molecule has 0 amide bonds. The molecule has 102 valence electrons. The third kappa shape index (κ3) is 2.18. The zero-order valence-corrected chi connectivity index (χ0v) is 11.9. The molecule has 0 aliphatic heterocycles. The van der Waals surface area contributed by atoms with Crippen molar-refractivity contribution in [1.82, 2.24) is 0 Å². The Morgan fingerprint density at radius 3 is 2.53 bits per heavy atom. The number of allylic oxidation sites excluding steroid dienone is 2. The molecule has 2 aliphatic rings. The van der Waals surface area contributed by atoms with Crippen LogP contribution in [0.15, 0.2) is 17.7 Å². The molecule has 19 heavy (non-hydrogen) atoms. The Hall–Kier alpha value is -1.31. The van der Waals surface area contributed by atoms with Gasteiger partial charge in [-0.2, -0.15) is 0 Å². The molecule has 0 aromatic heterocycles. The molecule has 1 saturated carbocycles. The van der Waals surface area contributed by atoms with E-state index in [0.717, 1.165) is 36.8 Å². The molecule has 1 aromatic carbocycles. The van der Waals surface area contributed by atoms with E-state index in [-0.39, 0.29) is 5.82 Å². The standard InChI is InChI=1S/C17H21FO/c1-10(2)13-8-12-6-7-15(19-3)17(18)16(12)14(9-13)11-4-5-11/h6-7,10,13H,4-5,8-9H2,1-3H3. The summed E-state index contributed by atoms with van der Waals surface area (Å²) >= 11 is 0. The molecule has 2 heteroatoms. The van der Waals surface area contributed by atoms with E-state index in [1.54, 1.807) is 6.07 Å². The number of hydrogen-bond acceptors (Lipinski definition) is 1. The second-order valence-corrected chi connectivity index (χ2v) is 6.11. The number of ether oxygens (including phenoxy) is 1. The summed E-state index contributed by atoms with van der Waals surface area (Å²) < 4.78 is 19.7. The average Bonchev–Trinajstić information content (AvgIpc) is 3.22. The molecular formula is C17H21FO. The minimum atomic E-state index is -0.156. The summed E-state index contributed by atoms with van der Waals surface area (Å²) in [5, 5.41) is 0. The highest BCUT2D eigenvalue weighted by Crippen LogP contribution is 2.47. The number of benzene rings is 1. The van der Waals surface area contributed by atoms with Gasteiger partial charge in [-0.1, -0.05) is 25.5 Å². The van der Waals surface area contributed by atoms with Crippen molar-refractivity contribution in [3.63, 3.8) is 0 Å². The Morgan fingerprint density at radius 2 is 1.95 bits per heavy atom. The summed E-state index contributed by atoms with van der Waals surface area (Å²) in [6, 6.07) is 3.82. The fourth-order valence-electron chi connectivity index (χ4n) is 3.13. The van der Waals surface area contributed by atoms with Crippen molar-refractivity contribution in [2.24, 2.45) is 11.8 Å². The lowest BCUT2D eigenvalue weighted by Gasteiger charge is -2.30. The molecule has 1 fully saturated rings. The topological polar surface area (TPSA) is 9.23 Å². The maximum Gasteiger partial charge on any atom is 0.172 e. The number of rotatable bonds is 2. The summed E-state index contributed by atoms with van der Waals surface area (Å²) in [7, 11) is 1.54. The molecular weight excluding hydrogens is 239 g/mol. The Bertz CT molecular complexity index is 536. The molecule has 1 atom stereocenters. The van der Waals surface area contributed by atoms with E-state index in [2.05, 4.69) is 19.9 Å². The first-order valence-corrected chi connectivity index (χ1v) is 7.18. The molecule has 0 heterocycles. The molecule has 3 rings (SSSR count). The van der Waals surface area contributed by atoms with Gasteiger partial charge in [0.05, 0.1) is 7.11 Å². The van der Waals surface area contributed by atoms with Gasteiger partial charge in [0.15, 0.2) is 11.6 Å². The summed E-state index contributed by atoms with van der Waals surface area (Å²) in [6.45, 7) is 4.54. The minimum Gasteiger partial charge on any atom is -0.494 e. The summed E-state index contributed by atoms with van der Waals surface area (Å²) in [5.74, 6) is 1.51. The quantitative estimate of drug-likeness (QED) is 0.755. The second-order valence-electron chi connectivity index (χ2n) is 6.11. The lowest BCUT2D eigenvalue weighted by Crippen LogP contribution is -2.19. The first kappa shape index (κ1) is 12.7. The predicted molar refractivity (Wildman–Crippen MR) is 75.8 cm³/mol. The van der Waals surface area contributed by atoms with Crippen LogP contribution in [-0.2, 0) is 6.42 Å². The van der Waals surface area contributed by atoms with Gasteiger partial charge in [-0.25, -0.2) is 4.39 Å². The third-order valence-electron chi connectivity index (χ3n) is 4.53. The Morgan fingerprint density at radius 1 is 1.21 bits per heavy atom. The molecule has 1 nitrogen and oxygen atoms in total. The van der Waals surface area contributed by atoms with Gasteiger partial charge in [-0.3, -0.25) is 0 Å². The van der Waals surface area contributed by atoms with Crippen molar-refractivity contribution in [1.29, 1.82) is 0 Å². The van der Waals surface area contributed by atoms with E-state index in [1.807, 2.05) is 0 Å². The van der Waals surface area contributed by atoms with E-state index >= 15 is 0 Å². The molecule has 0 spiro atoms. The monoisotopic (exact) mass is 260 g/mol. The molecule has 1 unspecified atom stereocenters. The second kappa shape index (κ2) is 4.66. The van der Waals surface area contributed by atoms with Gasteiger partial charge in [-0.15, -0.1) is 0 Å². The van der Waals surface area contributed by atoms with Crippen molar-refractivity contribution in [2.45, 2.75) is 39.5 Å². The van der Waals surface area contributed by atoms with Crippen LogP contribution in [0.4, 0.5) is 4.39 Å². The normalized spacial score (nSPS) is 21.6. The van der Waals surface area contributed by atoms with Crippen LogP contribution in [0.3, 0.4) is 0 Å². The van der Waals surface area contributed by atoms with Crippen LogP contribution in [-0.4, -0.2) is 7.11 Å². The van der Waals surface area contributed by atoms with E-state index in [1.165, 1.54) is 18.3 Å². The number of hydrogen-bond donors (Lipinski definition) is 0. The first-order chi connectivity index (χ1) is 9.11. The van der Waals surface area contributed by atoms with E-state index in [4.69, 9.17) is 4.74 Å². The molecule has 2 aliphatic carbocycles. The van der Waals surface area contributed by atoms with Crippen LogP contribution in [0.5, 0.6) is 5.75 Å². The maximum absolute atomic E-state index is 14.6. The lowest BCUT2D eigenvalue weighted by atomic mass is 9.75. The SMILES string of the molecule is COc1ccc2c(c1F)C(=C1CC1)CC(C(C)C)C2. The van der Waals surface area contributed by atoms with Crippen molar-refractivity contribution < 1.29 is 9.13 Å². The van der Waals surface area contributed by atoms with Gasteiger partial charge < -0.3 is 4.74 Å². The highest BCUT2D eigenvalue weighted by atomic mass is 19.1. The Kier molecular flexibility index (Phi) is 3.12. The molecule has 0 N–H and O–H groups in total. The van der Waals surface area contributed by atoms with Crippen LogP contribution in [0.2, 0.25) is 0 Å². The highest BCUT2D eigenvalue weighted by molar-refractivity contribution is 5.76. The summed E-state index contributed by atoms with van der Waals surface area (Å²) in [5.41, 5.74) is 4.75. The van der Waals surface area contributed by atoms with Gasteiger partial charge in [0.2, 0.25) is 0 Å². The number of halogens is 1. The predicted octanol–water partition coefficient (Wildman–Crippen LogP) is 4.60. The van der Waals surface area contributed by atoms with Crippen molar-refractivity contribution in [2.75, 3.05) is 7.11 Å². The van der Waals surface area contributed by atoms with Crippen LogP contribution in [0, 0.1) is 17.7 Å².